The van der Waals surface area contributed by atoms with Crippen molar-refractivity contribution >= 4 is 22.6 Å². The molecule has 0 saturated carbocycles. The molecule has 4 rings (SSSR count). The third-order valence-electron chi connectivity index (χ3n) is 4.40. The van der Waals surface area contributed by atoms with Crippen molar-refractivity contribution in [2.75, 3.05) is 4.90 Å². The average molecular weight is 344 g/mol. The molecule has 7 heteroatoms. The lowest BCUT2D eigenvalue weighted by Gasteiger charge is -2.16. The maximum Gasteiger partial charge on any atom is 0.352 e. The van der Waals surface area contributed by atoms with E-state index >= 15 is 0 Å². The van der Waals surface area contributed by atoms with E-state index in [0.717, 1.165) is 4.90 Å². The van der Waals surface area contributed by atoms with Crippen LogP contribution < -0.4 is 4.90 Å². The Kier molecular flexibility index (Phi) is 3.36. The van der Waals surface area contributed by atoms with Crippen molar-refractivity contribution in [1.82, 2.24) is 5.16 Å². The van der Waals surface area contributed by atoms with E-state index in [4.69, 9.17) is 4.52 Å². The third-order valence-corrected chi connectivity index (χ3v) is 4.40. The summed E-state index contributed by atoms with van der Waals surface area (Å²) in [5.41, 5.74) is 0.607. The van der Waals surface area contributed by atoms with E-state index in [1.807, 2.05) is 0 Å². The van der Waals surface area contributed by atoms with Gasteiger partial charge in [-0.3, -0.25) is 4.79 Å². The van der Waals surface area contributed by atoms with E-state index in [2.05, 4.69) is 5.16 Å². The highest BCUT2D eigenvalue weighted by Gasteiger charge is 2.54. The smallest absolute Gasteiger partial charge is 0.352 e. The van der Waals surface area contributed by atoms with Crippen molar-refractivity contribution in [2.45, 2.75) is 25.5 Å². The SMILES string of the molecule is C[C@H](O)c1cccc2c1C(F)(F)C(=O)N2Cc1noc2ccccc12. The first-order valence-electron chi connectivity index (χ1n) is 7.75. The molecule has 0 spiro atoms. The second-order valence-corrected chi connectivity index (χ2v) is 6.01. The van der Waals surface area contributed by atoms with E-state index in [1.54, 1.807) is 30.3 Å². The lowest BCUT2D eigenvalue weighted by molar-refractivity contribution is -0.141. The minimum absolute atomic E-state index is 0.0448. The molecular weight excluding hydrogens is 330 g/mol. The molecule has 2 heterocycles. The minimum atomic E-state index is -3.69. The molecule has 1 aromatic heterocycles. The number of fused-ring (bicyclic) bond motifs is 2. The number of aromatic nitrogens is 1. The number of hydrogen-bond acceptors (Lipinski definition) is 4. The van der Waals surface area contributed by atoms with Gasteiger partial charge in [0.15, 0.2) is 5.58 Å². The van der Waals surface area contributed by atoms with Crippen LogP contribution in [0.1, 0.15) is 29.8 Å². The Morgan fingerprint density at radius 2 is 2.00 bits per heavy atom. The molecule has 0 aliphatic carbocycles. The molecular formula is C18H14F2N2O3. The summed E-state index contributed by atoms with van der Waals surface area (Å²) in [6.45, 7) is 1.26. The number of anilines is 1. The third kappa shape index (κ3) is 2.23. The zero-order chi connectivity index (χ0) is 17.8. The Bertz CT molecular complexity index is 981. The maximum atomic E-state index is 14.6. The monoisotopic (exact) mass is 344 g/mol. The Morgan fingerprint density at radius 1 is 1.24 bits per heavy atom. The van der Waals surface area contributed by atoms with E-state index in [1.165, 1.54) is 19.1 Å². The number of aliphatic hydroxyl groups excluding tert-OH is 1. The standard InChI is InChI=1S/C18H14F2N2O3/c1-10(23)11-6-4-7-14-16(11)18(19,20)17(24)22(14)9-13-12-5-2-3-8-15(12)25-21-13/h2-8,10,23H,9H2,1H3/t10-/m0/s1. The lowest BCUT2D eigenvalue weighted by Crippen LogP contribution is -2.34. The fourth-order valence-electron chi connectivity index (χ4n) is 3.22. The van der Waals surface area contributed by atoms with Gasteiger partial charge in [-0.1, -0.05) is 29.4 Å². The lowest BCUT2D eigenvalue weighted by atomic mass is 9.98. The predicted molar refractivity (Wildman–Crippen MR) is 86.2 cm³/mol. The fourth-order valence-corrected chi connectivity index (χ4v) is 3.22. The number of alkyl halides is 2. The number of amides is 1. The largest absolute Gasteiger partial charge is 0.389 e. The van der Waals surface area contributed by atoms with Gasteiger partial charge in [0.2, 0.25) is 0 Å². The molecule has 0 fully saturated rings. The molecule has 1 aliphatic rings. The second kappa shape index (κ2) is 5.35. The van der Waals surface area contributed by atoms with E-state index in [9.17, 15) is 18.7 Å². The van der Waals surface area contributed by atoms with E-state index in [-0.39, 0.29) is 17.8 Å². The van der Waals surface area contributed by atoms with Crippen molar-refractivity contribution in [2.24, 2.45) is 0 Å². The molecule has 1 amide bonds. The van der Waals surface area contributed by atoms with Gasteiger partial charge in [-0.2, -0.15) is 8.78 Å². The number of carbonyl (C=O) groups excluding carboxylic acids is 1. The van der Waals surface area contributed by atoms with Crippen molar-refractivity contribution in [3.8, 4) is 0 Å². The van der Waals surface area contributed by atoms with E-state index in [0.29, 0.717) is 16.7 Å². The Hall–Kier alpha value is -2.80. The van der Waals surface area contributed by atoms with Crippen molar-refractivity contribution in [3.63, 3.8) is 0 Å². The number of rotatable bonds is 3. The summed E-state index contributed by atoms with van der Waals surface area (Å²) in [5, 5.41) is 14.4. The van der Waals surface area contributed by atoms with E-state index < -0.39 is 23.5 Å². The summed E-state index contributed by atoms with van der Waals surface area (Å²) < 4.78 is 34.4. The molecule has 1 N–H and O–H groups in total. The molecule has 2 aromatic carbocycles. The van der Waals surface area contributed by atoms with Gasteiger partial charge in [-0.05, 0) is 30.7 Å². The number of hydrogen-bond donors (Lipinski definition) is 1. The highest BCUT2D eigenvalue weighted by atomic mass is 19.3. The van der Waals surface area contributed by atoms with Gasteiger partial charge >= 0.3 is 11.8 Å². The Labute approximate surface area is 141 Å². The number of nitrogens with zero attached hydrogens (tertiary/aromatic N) is 2. The number of carbonyl (C=O) groups is 1. The first-order valence-corrected chi connectivity index (χ1v) is 7.75. The van der Waals surface area contributed by atoms with Crippen LogP contribution in [0.25, 0.3) is 11.0 Å². The zero-order valence-electron chi connectivity index (χ0n) is 13.2. The quantitative estimate of drug-likeness (QED) is 0.789. The van der Waals surface area contributed by atoms with Crippen LogP contribution in [0.4, 0.5) is 14.5 Å². The highest BCUT2D eigenvalue weighted by Crippen LogP contribution is 2.48. The van der Waals surface area contributed by atoms with Gasteiger partial charge in [0.1, 0.15) is 5.69 Å². The summed E-state index contributed by atoms with van der Waals surface area (Å²) in [5.74, 6) is -5.02. The molecule has 5 nitrogen and oxygen atoms in total. The van der Waals surface area contributed by atoms with Crippen LogP contribution in [0.2, 0.25) is 0 Å². The minimum Gasteiger partial charge on any atom is -0.389 e. The molecule has 0 unspecified atom stereocenters. The Morgan fingerprint density at radius 3 is 2.76 bits per heavy atom. The van der Waals surface area contributed by atoms with Crippen LogP contribution in [-0.2, 0) is 17.3 Å². The first-order chi connectivity index (χ1) is 11.9. The summed E-state index contributed by atoms with van der Waals surface area (Å²) >= 11 is 0. The summed E-state index contributed by atoms with van der Waals surface area (Å²) in [7, 11) is 0. The normalized spacial score (nSPS) is 17.1. The van der Waals surface area contributed by atoms with Crippen molar-refractivity contribution in [1.29, 1.82) is 0 Å². The van der Waals surface area contributed by atoms with Crippen molar-refractivity contribution in [3.05, 3.63) is 59.3 Å². The maximum absolute atomic E-state index is 14.6. The molecule has 1 atom stereocenters. The molecule has 3 aromatic rings. The van der Waals surface area contributed by atoms with Gasteiger partial charge in [0.25, 0.3) is 0 Å². The van der Waals surface area contributed by atoms with Crippen molar-refractivity contribution < 1.29 is 23.2 Å². The molecule has 25 heavy (non-hydrogen) atoms. The summed E-state index contributed by atoms with van der Waals surface area (Å²) in [4.78, 5) is 13.3. The average Bonchev–Trinajstić information content (AvgIpc) is 3.08. The number of benzene rings is 2. The Balaban J connectivity index is 1.82. The van der Waals surface area contributed by atoms with Crippen LogP contribution in [-0.4, -0.2) is 16.2 Å². The molecule has 128 valence electrons. The summed E-state index contributed by atoms with van der Waals surface area (Å²) in [6.07, 6.45) is -1.11. The van der Waals surface area contributed by atoms with Crippen LogP contribution in [0.15, 0.2) is 47.0 Å². The number of aliphatic hydroxyl groups is 1. The zero-order valence-corrected chi connectivity index (χ0v) is 13.2. The van der Waals surface area contributed by atoms with Crippen LogP contribution in [0, 0.1) is 0 Å². The summed E-state index contributed by atoms with van der Waals surface area (Å²) in [6, 6.07) is 11.4. The van der Waals surface area contributed by atoms with Gasteiger partial charge < -0.3 is 14.5 Å². The van der Waals surface area contributed by atoms with Crippen LogP contribution in [0.3, 0.4) is 0 Å². The van der Waals surface area contributed by atoms with Gasteiger partial charge in [0, 0.05) is 5.39 Å². The highest BCUT2D eigenvalue weighted by molar-refractivity contribution is 6.06. The molecule has 0 saturated heterocycles. The van der Waals surface area contributed by atoms with Crippen LogP contribution >= 0.6 is 0 Å². The predicted octanol–water partition coefficient (Wildman–Crippen LogP) is 3.52. The van der Waals surface area contributed by atoms with Crippen LogP contribution in [0.5, 0.6) is 0 Å². The fraction of sp³-hybridized carbons (Fsp3) is 0.222. The van der Waals surface area contributed by atoms with Gasteiger partial charge in [0.05, 0.1) is 23.9 Å². The molecule has 0 bridgehead atoms. The topological polar surface area (TPSA) is 66.6 Å². The molecule has 0 radical (unpaired) electrons. The van der Waals surface area contributed by atoms with Gasteiger partial charge in [-0.25, -0.2) is 0 Å². The van der Waals surface area contributed by atoms with Gasteiger partial charge in [-0.15, -0.1) is 0 Å². The second-order valence-electron chi connectivity index (χ2n) is 6.01. The number of halogens is 2. The number of para-hydroxylation sites is 1. The molecule has 1 aliphatic heterocycles. The first kappa shape index (κ1) is 15.7.